The molecule has 1 aromatic carbocycles. The van der Waals surface area contributed by atoms with E-state index in [0.717, 1.165) is 5.56 Å². The van der Waals surface area contributed by atoms with Crippen LogP contribution in [0.1, 0.15) is 19.4 Å². The van der Waals surface area contributed by atoms with E-state index in [9.17, 15) is 4.39 Å². The van der Waals surface area contributed by atoms with Crippen LogP contribution in [0, 0.1) is 5.82 Å². The first-order valence-electron chi connectivity index (χ1n) is 7.30. The fourth-order valence-electron chi connectivity index (χ4n) is 2.09. The van der Waals surface area contributed by atoms with Crippen molar-refractivity contribution in [2.75, 3.05) is 6.61 Å². The molecule has 0 aliphatic carbocycles. The Balaban J connectivity index is 2.43. The molecular weight excluding hydrogens is 333 g/mol. The number of aromatic nitrogens is 1. The van der Waals surface area contributed by atoms with E-state index in [1.54, 1.807) is 19.2 Å². The molecule has 0 aliphatic rings. The topological polar surface area (TPSA) is 89.8 Å². The van der Waals surface area contributed by atoms with Gasteiger partial charge in [0.15, 0.2) is 0 Å². The molecule has 0 saturated heterocycles. The number of hydrazone groups is 1. The Morgan fingerprint density at radius 1 is 1.42 bits per heavy atom. The number of pyridine rings is 1. The predicted molar refractivity (Wildman–Crippen MR) is 92.8 cm³/mol. The second-order valence-corrected chi connectivity index (χ2v) is 5.47. The fourth-order valence-corrected chi connectivity index (χ4v) is 2.21. The maximum absolute atomic E-state index is 13.8. The maximum Gasteiger partial charge on any atom is 0.221 e. The third-order valence-electron chi connectivity index (χ3n) is 3.37. The molecule has 2 rings (SSSR count). The van der Waals surface area contributed by atoms with E-state index in [1.165, 1.54) is 17.1 Å². The van der Waals surface area contributed by atoms with Crippen LogP contribution >= 0.6 is 11.6 Å². The van der Waals surface area contributed by atoms with Crippen molar-refractivity contribution >= 4 is 17.4 Å². The molecule has 1 heterocycles. The molecule has 0 saturated carbocycles. The lowest BCUT2D eigenvalue weighted by Crippen LogP contribution is -2.35. The van der Waals surface area contributed by atoms with E-state index in [-0.39, 0.29) is 5.02 Å². The Labute approximate surface area is 144 Å². The van der Waals surface area contributed by atoms with E-state index in [0.29, 0.717) is 36.0 Å². The minimum Gasteiger partial charge on any atom is -0.478 e. The zero-order chi connectivity index (χ0) is 17.7. The number of hydrazine groups is 1. The quantitative estimate of drug-likeness (QED) is 0.374. The summed E-state index contributed by atoms with van der Waals surface area (Å²) < 4.78 is 19.3. The summed E-state index contributed by atoms with van der Waals surface area (Å²) in [6.07, 6.45) is 1.64. The molecule has 24 heavy (non-hydrogen) atoms. The molecule has 2 aromatic rings. The molecule has 6 nitrogen and oxygen atoms in total. The molecule has 0 spiro atoms. The smallest absolute Gasteiger partial charge is 0.221 e. The zero-order valence-electron chi connectivity index (χ0n) is 13.5. The SMILES string of the molecule is CCOc1ncc(CN(N)/C(C)=N\N)cc1-c1ccc(Cl)c(F)c1. The van der Waals surface area contributed by atoms with E-state index >= 15 is 0 Å². The second-order valence-electron chi connectivity index (χ2n) is 5.06. The van der Waals surface area contributed by atoms with Crippen molar-refractivity contribution in [3.63, 3.8) is 0 Å². The highest BCUT2D eigenvalue weighted by Gasteiger charge is 2.13. The van der Waals surface area contributed by atoms with Gasteiger partial charge in [-0.1, -0.05) is 17.7 Å². The van der Waals surface area contributed by atoms with E-state index in [1.807, 2.05) is 13.0 Å². The number of amidine groups is 1. The Kier molecular flexibility index (Phi) is 5.94. The van der Waals surface area contributed by atoms with Gasteiger partial charge >= 0.3 is 0 Å². The van der Waals surface area contributed by atoms with E-state index in [4.69, 9.17) is 28.0 Å². The van der Waals surface area contributed by atoms with Gasteiger partial charge in [0.25, 0.3) is 0 Å². The largest absolute Gasteiger partial charge is 0.478 e. The summed E-state index contributed by atoms with van der Waals surface area (Å²) in [5.74, 6) is 11.5. The Morgan fingerprint density at radius 3 is 2.79 bits per heavy atom. The lowest BCUT2D eigenvalue weighted by molar-refractivity contribution is 0.327. The van der Waals surface area contributed by atoms with Gasteiger partial charge in [0.05, 0.1) is 18.2 Å². The molecule has 0 radical (unpaired) electrons. The maximum atomic E-state index is 13.8. The van der Waals surface area contributed by atoms with Gasteiger partial charge in [-0.15, -0.1) is 0 Å². The van der Waals surface area contributed by atoms with Gasteiger partial charge in [0.2, 0.25) is 5.88 Å². The summed E-state index contributed by atoms with van der Waals surface area (Å²) in [6.45, 7) is 4.33. The molecule has 0 unspecified atom stereocenters. The second kappa shape index (κ2) is 7.94. The van der Waals surface area contributed by atoms with Crippen LogP contribution in [-0.4, -0.2) is 22.4 Å². The van der Waals surface area contributed by atoms with Gasteiger partial charge in [-0.3, -0.25) is 5.01 Å². The number of benzene rings is 1. The Bertz CT molecular complexity index is 753. The average molecular weight is 352 g/mol. The van der Waals surface area contributed by atoms with Crippen molar-refractivity contribution in [1.29, 1.82) is 0 Å². The lowest BCUT2D eigenvalue weighted by atomic mass is 10.0. The van der Waals surface area contributed by atoms with Crippen molar-refractivity contribution < 1.29 is 9.13 Å². The van der Waals surface area contributed by atoms with E-state index < -0.39 is 5.82 Å². The van der Waals surface area contributed by atoms with Crippen molar-refractivity contribution in [3.8, 4) is 17.0 Å². The highest BCUT2D eigenvalue weighted by Crippen LogP contribution is 2.31. The molecule has 0 fully saturated rings. The van der Waals surface area contributed by atoms with Crippen molar-refractivity contribution in [1.82, 2.24) is 9.99 Å². The van der Waals surface area contributed by atoms with Gasteiger partial charge in [-0.25, -0.2) is 15.2 Å². The number of halogens is 2. The summed E-state index contributed by atoms with van der Waals surface area (Å²) in [4.78, 5) is 4.30. The first kappa shape index (κ1) is 18.0. The first-order valence-corrected chi connectivity index (χ1v) is 7.68. The van der Waals surface area contributed by atoms with Crippen molar-refractivity contribution in [3.05, 3.63) is 46.9 Å². The monoisotopic (exact) mass is 351 g/mol. The minimum absolute atomic E-state index is 0.0590. The van der Waals surface area contributed by atoms with Crippen LogP contribution in [0.3, 0.4) is 0 Å². The summed E-state index contributed by atoms with van der Waals surface area (Å²) >= 11 is 5.75. The molecule has 0 bridgehead atoms. The van der Waals surface area contributed by atoms with Gasteiger partial charge in [0.1, 0.15) is 11.7 Å². The number of ether oxygens (including phenoxy) is 1. The molecule has 1 aromatic heterocycles. The molecule has 0 amide bonds. The summed E-state index contributed by atoms with van der Waals surface area (Å²) in [7, 11) is 0. The van der Waals surface area contributed by atoms with Gasteiger partial charge in [-0.05, 0) is 43.2 Å². The van der Waals surface area contributed by atoms with Crippen LogP contribution in [0.2, 0.25) is 5.02 Å². The number of hydrogen-bond donors (Lipinski definition) is 2. The van der Waals surface area contributed by atoms with Crippen LogP contribution in [0.15, 0.2) is 35.6 Å². The van der Waals surface area contributed by atoms with Crippen LogP contribution in [0.25, 0.3) is 11.1 Å². The molecule has 8 heteroatoms. The molecule has 4 N–H and O–H groups in total. The minimum atomic E-state index is -0.506. The van der Waals surface area contributed by atoms with Gasteiger partial charge in [0, 0.05) is 11.8 Å². The Morgan fingerprint density at radius 2 is 2.17 bits per heavy atom. The third-order valence-corrected chi connectivity index (χ3v) is 3.68. The standard InChI is InChI=1S/C16H19ClFN5O/c1-3-24-16-13(12-4-5-14(17)15(18)7-12)6-11(8-21-16)9-23(20)10(2)22-19/h4-8H,3,9,19-20H2,1-2H3/b22-10-. The number of rotatable bonds is 5. The highest BCUT2D eigenvalue weighted by atomic mass is 35.5. The first-order chi connectivity index (χ1) is 11.5. The summed E-state index contributed by atoms with van der Waals surface area (Å²) in [5.41, 5.74) is 2.07. The normalized spacial score (nSPS) is 11.5. The van der Waals surface area contributed by atoms with Crippen LogP contribution in [0.4, 0.5) is 4.39 Å². The number of nitrogens with zero attached hydrogens (tertiary/aromatic N) is 3. The van der Waals surface area contributed by atoms with Crippen molar-refractivity contribution in [2.24, 2.45) is 16.8 Å². The zero-order valence-corrected chi connectivity index (χ0v) is 14.2. The molecule has 0 aliphatic heterocycles. The lowest BCUT2D eigenvalue weighted by Gasteiger charge is -2.18. The van der Waals surface area contributed by atoms with Gasteiger partial charge in [-0.2, -0.15) is 5.10 Å². The van der Waals surface area contributed by atoms with Crippen LogP contribution in [-0.2, 0) is 6.54 Å². The number of hydrogen-bond acceptors (Lipinski definition) is 5. The van der Waals surface area contributed by atoms with Crippen LogP contribution < -0.4 is 16.4 Å². The summed E-state index contributed by atoms with van der Waals surface area (Å²) in [6, 6.07) is 6.39. The summed E-state index contributed by atoms with van der Waals surface area (Å²) in [5, 5.41) is 4.99. The highest BCUT2D eigenvalue weighted by molar-refractivity contribution is 6.30. The van der Waals surface area contributed by atoms with Crippen molar-refractivity contribution in [2.45, 2.75) is 20.4 Å². The molecule has 0 atom stereocenters. The average Bonchev–Trinajstić information content (AvgIpc) is 2.58. The van der Waals surface area contributed by atoms with E-state index in [2.05, 4.69) is 10.1 Å². The van der Waals surface area contributed by atoms with Crippen LogP contribution in [0.5, 0.6) is 5.88 Å². The third kappa shape index (κ3) is 4.12. The number of nitrogens with two attached hydrogens (primary N) is 2. The predicted octanol–water partition coefficient (Wildman–Crippen LogP) is 2.91. The van der Waals surface area contributed by atoms with Gasteiger partial charge < -0.3 is 10.6 Å². The fraction of sp³-hybridized carbons (Fsp3) is 0.250. The Hall–Kier alpha value is -2.38. The molecular formula is C16H19ClFN5O. The molecule has 128 valence electrons.